The molecule has 0 aliphatic heterocycles. The van der Waals surface area contributed by atoms with Crippen LogP contribution in [0.2, 0.25) is 0 Å². The molecule has 0 saturated carbocycles. The molecule has 7 heteroatoms. The molecule has 1 aromatic carbocycles. The van der Waals surface area contributed by atoms with Crippen molar-refractivity contribution in [3.8, 4) is 5.75 Å². The maximum absolute atomic E-state index is 12.8. The Morgan fingerprint density at radius 1 is 1.03 bits per heavy atom. The molecular weight excluding hydrogens is 386 g/mol. The molecule has 0 bridgehead atoms. The highest BCUT2D eigenvalue weighted by Gasteiger charge is 2.27. The molecule has 0 saturated heterocycles. The molecule has 2 aromatic rings. The highest BCUT2D eigenvalue weighted by Crippen LogP contribution is 2.21. The zero-order valence-corrected chi connectivity index (χ0v) is 18.2. The predicted molar refractivity (Wildman–Crippen MR) is 112 cm³/mol. The summed E-state index contributed by atoms with van der Waals surface area (Å²) < 4.78 is 16.0. The summed E-state index contributed by atoms with van der Waals surface area (Å²) in [4.78, 5) is 40.2. The summed E-state index contributed by atoms with van der Waals surface area (Å²) >= 11 is 0. The second-order valence-corrected chi connectivity index (χ2v) is 6.98. The van der Waals surface area contributed by atoms with Gasteiger partial charge in [0.1, 0.15) is 5.75 Å². The van der Waals surface area contributed by atoms with Crippen molar-refractivity contribution in [1.29, 1.82) is 0 Å². The van der Waals surface area contributed by atoms with Crippen molar-refractivity contribution in [3.63, 3.8) is 0 Å². The quantitative estimate of drug-likeness (QED) is 0.351. The number of aryl methyl sites for hydroxylation is 1. The van der Waals surface area contributed by atoms with Crippen molar-refractivity contribution in [2.45, 2.75) is 53.6 Å². The third-order valence-electron chi connectivity index (χ3n) is 4.67. The first-order valence-electron chi connectivity index (χ1n) is 10.1. The summed E-state index contributed by atoms with van der Waals surface area (Å²) in [5.74, 6) is -0.844. The molecule has 30 heavy (non-hydrogen) atoms. The highest BCUT2D eigenvalue weighted by atomic mass is 16.5. The minimum Gasteiger partial charge on any atom is -0.494 e. The van der Waals surface area contributed by atoms with Gasteiger partial charge in [0.2, 0.25) is 5.78 Å². The first kappa shape index (κ1) is 23.2. The van der Waals surface area contributed by atoms with Gasteiger partial charge < -0.3 is 19.2 Å². The average molecular weight is 415 g/mol. The van der Waals surface area contributed by atoms with Gasteiger partial charge >= 0.3 is 11.9 Å². The summed E-state index contributed by atoms with van der Waals surface area (Å²) in [5.41, 5.74) is 1.90. The van der Waals surface area contributed by atoms with Crippen LogP contribution in [0.15, 0.2) is 24.3 Å². The Hall–Kier alpha value is -3.09. The van der Waals surface area contributed by atoms with E-state index in [0.29, 0.717) is 34.7 Å². The number of carbonyl (C=O) groups excluding carboxylic acids is 3. The van der Waals surface area contributed by atoms with Crippen LogP contribution < -0.4 is 4.74 Å². The van der Waals surface area contributed by atoms with E-state index in [1.165, 1.54) is 6.92 Å². The zero-order chi connectivity index (χ0) is 22.3. The molecule has 0 fully saturated rings. The summed E-state index contributed by atoms with van der Waals surface area (Å²) in [6, 6.07) is 6.60. The van der Waals surface area contributed by atoms with Gasteiger partial charge in [-0.15, -0.1) is 0 Å². The Morgan fingerprint density at radius 3 is 2.30 bits per heavy atom. The maximum Gasteiger partial charge on any atom is 0.340 e. The van der Waals surface area contributed by atoms with Crippen molar-refractivity contribution in [2.75, 3.05) is 13.2 Å². The predicted octanol–water partition coefficient (Wildman–Crippen LogP) is 4.42. The van der Waals surface area contributed by atoms with E-state index in [1.54, 1.807) is 45.0 Å². The van der Waals surface area contributed by atoms with E-state index >= 15 is 0 Å². The second kappa shape index (κ2) is 10.6. The number of nitrogens with one attached hydrogen (secondary N) is 1. The zero-order valence-electron chi connectivity index (χ0n) is 18.2. The number of hydrogen-bond donors (Lipinski definition) is 1. The number of hydrogen-bond acceptors (Lipinski definition) is 6. The molecule has 0 unspecified atom stereocenters. The molecule has 1 N–H and O–H groups in total. The Bertz CT molecular complexity index is 897. The number of aromatic nitrogens is 1. The topological polar surface area (TPSA) is 94.7 Å². The monoisotopic (exact) mass is 415 g/mol. The Kier molecular flexibility index (Phi) is 8.21. The van der Waals surface area contributed by atoms with Crippen molar-refractivity contribution in [2.24, 2.45) is 0 Å². The van der Waals surface area contributed by atoms with Crippen LogP contribution in [-0.4, -0.2) is 42.0 Å². The number of rotatable bonds is 10. The summed E-state index contributed by atoms with van der Waals surface area (Å²) in [6.07, 6.45) is 0.973. The normalized spacial score (nSPS) is 11.6. The number of ether oxygens (including phenoxy) is 3. The lowest BCUT2D eigenvalue weighted by atomic mass is 10.1. The number of unbranched alkanes of at least 4 members (excludes halogenated alkanes) is 1. The van der Waals surface area contributed by atoms with Crippen molar-refractivity contribution >= 4 is 17.7 Å². The smallest absolute Gasteiger partial charge is 0.340 e. The third-order valence-corrected chi connectivity index (χ3v) is 4.67. The number of H-pyrrole nitrogens is 1. The molecule has 0 aliphatic rings. The highest BCUT2D eigenvalue weighted by molar-refractivity contribution is 6.04. The van der Waals surface area contributed by atoms with Gasteiger partial charge in [0, 0.05) is 5.69 Å². The molecule has 2 rings (SSSR count). The van der Waals surface area contributed by atoms with Gasteiger partial charge in [0.25, 0.3) is 0 Å². The van der Waals surface area contributed by atoms with Gasteiger partial charge in [-0.25, -0.2) is 9.59 Å². The van der Waals surface area contributed by atoms with E-state index < -0.39 is 23.8 Å². The van der Waals surface area contributed by atoms with E-state index in [9.17, 15) is 14.4 Å². The van der Waals surface area contributed by atoms with Gasteiger partial charge in [0.15, 0.2) is 6.10 Å². The molecule has 7 nitrogen and oxygen atoms in total. The van der Waals surface area contributed by atoms with Crippen LogP contribution in [-0.2, 0) is 9.47 Å². The average Bonchev–Trinajstić information content (AvgIpc) is 3.02. The Labute approximate surface area is 176 Å². The first-order valence-corrected chi connectivity index (χ1v) is 10.1. The van der Waals surface area contributed by atoms with Gasteiger partial charge in [-0.2, -0.15) is 0 Å². The van der Waals surface area contributed by atoms with E-state index in [4.69, 9.17) is 14.2 Å². The fourth-order valence-electron chi connectivity index (χ4n) is 3.01. The van der Waals surface area contributed by atoms with Gasteiger partial charge in [-0.3, -0.25) is 4.79 Å². The third kappa shape index (κ3) is 5.49. The number of esters is 2. The standard InChI is InChI=1S/C23H29NO6/c1-6-8-13-29-18-11-9-17(10-12-18)22(26)30-16(5)21(25)20-14(3)19(15(4)24-20)23(27)28-7-2/h9-12,16,24H,6-8,13H2,1-5H3/t16-/m1/s1. The number of Topliss-reactive ketones (excluding diaryl/α,β-unsaturated/α-hetero) is 1. The first-order chi connectivity index (χ1) is 14.3. The SMILES string of the molecule is CCCCOc1ccc(C(=O)O[C@H](C)C(=O)c2[nH]c(C)c(C(=O)OCC)c2C)cc1. The summed E-state index contributed by atoms with van der Waals surface area (Å²) in [6.45, 7) is 9.51. The molecular formula is C23H29NO6. The molecule has 162 valence electrons. The van der Waals surface area contributed by atoms with Gasteiger partial charge in [-0.05, 0) is 63.9 Å². The van der Waals surface area contributed by atoms with Crippen LogP contribution in [0.1, 0.15) is 76.1 Å². The molecule has 0 radical (unpaired) electrons. The second-order valence-electron chi connectivity index (χ2n) is 6.98. The van der Waals surface area contributed by atoms with Crippen molar-refractivity contribution < 1.29 is 28.6 Å². The van der Waals surface area contributed by atoms with Crippen molar-refractivity contribution in [3.05, 3.63) is 52.3 Å². The van der Waals surface area contributed by atoms with Crippen LogP contribution in [0.5, 0.6) is 5.75 Å². The van der Waals surface area contributed by atoms with Crippen LogP contribution in [0, 0.1) is 13.8 Å². The summed E-state index contributed by atoms with van der Waals surface area (Å²) in [5, 5.41) is 0. The Balaban J connectivity index is 2.06. The molecule has 1 atom stereocenters. The largest absolute Gasteiger partial charge is 0.494 e. The molecule has 0 spiro atoms. The van der Waals surface area contributed by atoms with Crippen LogP contribution in [0.4, 0.5) is 0 Å². The van der Waals surface area contributed by atoms with E-state index in [2.05, 4.69) is 11.9 Å². The van der Waals surface area contributed by atoms with Crippen LogP contribution >= 0.6 is 0 Å². The number of ketones is 1. The van der Waals surface area contributed by atoms with Crippen molar-refractivity contribution in [1.82, 2.24) is 4.98 Å². The van der Waals surface area contributed by atoms with Gasteiger partial charge in [0.05, 0.1) is 30.0 Å². The fraction of sp³-hybridized carbons (Fsp3) is 0.435. The number of aromatic amines is 1. The maximum atomic E-state index is 12.8. The van der Waals surface area contributed by atoms with E-state index in [0.717, 1.165) is 12.8 Å². The van der Waals surface area contributed by atoms with E-state index in [-0.39, 0.29) is 12.3 Å². The van der Waals surface area contributed by atoms with Gasteiger partial charge in [-0.1, -0.05) is 13.3 Å². The molecule has 0 aliphatic carbocycles. The molecule has 0 amide bonds. The Morgan fingerprint density at radius 2 is 1.70 bits per heavy atom. The minimum absolute atomic E-state index is 0.232. The molecule has 1 heterocycles. The number of benzene rings is 1. The molecule has 1 aromatic heterocycles. The number of carbonyl (C=O) groups is 3. The lowest BCUT2D eigenvalue weighted by Crippen LogP contribution is -2.25. The van der Waals surface area contributed by atoms with Crippen LogP contribution in [0.3, 0.4) is 0 Å². The fourth-order valence-corrected chi connectivity index (χ4v) is 3.01. The minimum atomic E-state index is -1.02. The lowest BCUT2D eigenvalue weighted by Gasteiger charge is -2.13. The van der Waals surface area contributed by atoms with E-state index in [1.807, 2.05) is 0 Å². The summed E-state index contributed by atoms with van der Waals surface area (Å²) in [7, 11) is 0. The van der Waals surface area contributed by atoms with Crippen LogP contribution in [0.25, 0.3) is 0 Å². The lowest BCUT2D eigenvalue weighted by molar-refractivity contribution is 0.0316.